The average Bonchev–Trinajstić information content (AvgIpc) is 2.30. The van der Waals surface area contributed by atoms with Crippen molar-refractivity contribution in [3.63, 3.8) is 0 Å². The molecule has 2 heterocycles. The van der Waals surface area contributed by atoms with Gasteiger partial charge < -0.3 is 15.7 Å². The van der Waals surface area contributed by atoms with Crippen LogP contribution >= 0.6 is 0 Å². The van der Waals surface area contributed by atoms with Crippen LogP contribution in [0.5, 0.6) is 0 Å². The highest BCUT2D eigenvalue weighted by Gasteiger charge is 2.18. The van der Waals surface area contributed by atoms with Gasteiger partial charge in [0.25, 0.3) is 0 Å². The molecule has 17 heavy (non-hydrogen) atoms. The molecular weight excluding hydrogens is 216 g/mol. The fourth-order valence-electron chi connectivity index (χ4n) is 2.12. The third-order valence-electron chi connectivity index (χ3n) is 2.99. The van der Waals surface area contributed by atoms with E-state index in [2.05, 4.69) is 14.8 Å². The third-order valence-corrected chi connectivity index (χ3v) is 2.99. The zero-order valence-electron chi connectivity index (χ0n) is 10.2. The van der Waals surface area contributed by atoms with Gasteiger partial charge in [-0.05, 0) is 19.1 Å². The Bertz CT molecular complexity index is 344. The van der Waals surface area contributed by atoms with Crippen LogP contribution in [0.3, 0.4) is 0 Å². The Kier molecular flexibility index (Phi) is 3.81. The van der Waals surface area contributed by atoms with Gasteiger partial charge in [0, 0.05) is 32.7 Å². The van der Waals surface area contributed by atoms with Crippen molar-refractivity contribution in [3.8, 4) is 0 Å². The molecule has 5 nitrogen and oxygen atoms in total. The topological polar surface area (TPSA) is 65.6 Å². The molecule has 2 rings (SSSR count). The molecule has 1 aromatic heterocycles. The van der Waals surface area contributed by atoms with Gasteiger partial charge in [-0.3, -0.25) is 4.90 Å². The molecule has 1 saturated heterocycles. The lowest BCUT2D eigenvalue weighted by Gasteiger charge is -2.35. The van der Waals surface area contributed by atoms with Crippen molar-refractivity contribution in [2.75, 3.05) is 43.4 Å². The van der Waals surface area contributed by atoms with Crippen molar-refractivity contribution in [3.05, 3.63) is 18.3 Å². The first kappa shape index (κ1) is 12.1. The Labute approximate surface area is 102 Å². The first-order valence-corrected chi connectivity index (χ1v) is 6.02. The van der Waals surface area contributed by atoms with Crippen LogP contribution in [0.4, 0.5) is 11.5 Å². The summed E-state index contributed by atoms with van der Waals surface area (Å²) in [5, 5.41) is 9.34. The fraction of sp³-hybridized carbons (Fsp3) is 0.583. The Balaban J connectivity index is 1.88. The summed E-state index contributed by atoms with van der Waals surface area (Å²) in [6.07, 6.45) is 1.44. The van der Waals surface area contributed by atoms with Crippen LogP contribution in [0.1, 0.15) is 6.92 Å². The molecule has 0 aromatic carbocycles. The maximum atomic E-state index is 9.34. The summed E-state index contributed by atoms with van der Waals surface area (Å²) in [5.74, 6) is 0.982. The summed E-state index contributed by atoms with van der Waals surface area (Å²) in [4.78, 5) is 8.85. The molecular formula is C12H20N4O. The zero-order valence-corrected chi connectivity index (χ0v) is 10.2. The van der Waals surface area contributed by atoms with Gasteiger partial charge in [-0.25, -0.2) is 4.98 Å². The second kappa shape index (κ2) is 5.33. The number of piperazine rings is 1. The maximum Gasteiger partial charge on any atom is 0.128 e. The molecule has 5 heteroatoms. The van der Waals surface area contributed by atoms with E-state index >= 15 is 0 Å². The minimum Gasteiger partial charge on any atom is -0.397 e. The van der Waals surface area contributed by atoms with Gasteiger partial charge in [0.1, 0.15) is 5.82 Å². The van der Waals surface area contributed by atoms with Crippen LogP contribution in [0.2, 0.25) is 0 Å². The molecule has 1 atom stereocenters. The first-order valence-electron chi connectivity index (χ1n) is 6.02. The minimum absolute atomic E-state index is 0.254. The summed E-state index contributed by atoms with van der Waals surface area (Å²) < 4.78 is 0. The van der Waals surface area contributed by atoms with Crippen molar-refractivity contribution in [1.29, 1.82) is 0 Å². The van der Waals surface area contributed by atoms with Crippen LogP contribution in [0, 0.1) is 0 Å². The fourth-order valence-corrected chi connectivity index (χ4v) is 2.12. The number of hydrogen-bond acceptors (Lipinski definition) is 5. The van der Waals surface area contributed by atoms with E-state index in [0.29, 0.717) is 5.69 Å². The third kappa shape index (κ3) is 3.31. The van der Waals surface area contributed by atoms with Gasteiger partial charge >= 0.3 is 0 Å². The molecule has 0 saturated carbocycles. The molecule has 0 radical (unpaired) electrons. The molecule has 1 fully saturated rings. The molecule has 94 valence electrons. The van der Waals surface area contributed by atoms with Gasteiger partial charge in [0.05, 0.1) is 18.0 Å². The molecule has 0 bridgehead atoms. The van der Waals surface area contributed by atoms with E-state index in [4.69, 9.17) is 5.73 Å². The van der Waals surface area contributed by atoms with Gasteiger partial charge in [0.2, 0.25) is 0 Å². The van der Waals surface area contributed by atoms with E-state index in [1.807, 2.05) is 19.1 Å². The van der Waals surface area contributed by atoms with Crippen molar-refractivity contribution < 1.29 is 5.11 Å². The van der Waals surface area contributed by atoms with Crippen LogP contribution in [0.25, 0.3) is 0 Å². The normalized spacial score (nSPS) is 19.3. The zero-order chi connectivity index (χ0) is 12.3. The van der Waals surface area contributed by atoms with E-state index in [1.54, 1.807) is 6.20 Å². The predicted octanol–water partition coefficient (Wildman–Crippen LogP) is 0.167. The van der Waals surface area contributed by atoms with Crippen molar-refractivity contribution in [2.45, 2.75) is 13.0 Å². The number of nitrogen functional groups attached to an aromatic ring is 1. The van der Waals surface area contributed by atoms with Gasteiger partial charge in [-0.15, -0.1) is 0 Å². The number of aromatic nitrogens is 1. The minimum atomic E-state index is -0.254. The van der Waals surface area contributed by atoms with Gasteiger partial charge in [-0.1, -0.05) is 0 Å². The Morgan fingerprint density at radius 2 is 2.06 bits per heavy atom. The number of pyridine rings is 1. The highest BCUT2D eigenvalue weighted by molar-refractivity contribution is 5.46. The number of nitrogens with two attached hydrogens (primary N) is 1. The van der Waals surface area contributed by atoms with Gasteiger partial charge in [-0.2, -0.15) is 0 Å². The molecule has 3 N–H and O–H groups in total. The van der Waals surface area contributed by atoms with Gasteiger partial charge in [0.15, 0.2) is 0 Å². The van der Waals surface area contributed by atoms with Crippen LogP contribution in [-0.2, 0) is 0 Å². The second-order valence-electron chi connectivity index (χ2n) is 4.59. The lowest BCUT2D eigenvalue weighted by molar-refractivity contribution is 0.122. The summed E-state index contributed by atoms with van der Waals surface area (Å²) in [5.41, 5.74) is 6.31. The molecule has 0 amide bonds. The maximum absolute atomic E-state index is 9.34. The average molecular weight is 236 g/mol. The van der Waals surface area contributed by atoms with E-state index in [0.717, 1.165) is 38.5 Å². The standard InChI is InChI=1S/C12H20N4O/c1-10(17)9-15-4-6-16(7-5-15)12-3-2-11(13)8-14-12/h2-3,8,10,17H,4-7,9,13H2,1H3. The Hall–Kier alpha value is -1.33. The number of aliphatic hydroxyl groups excluding tert-OH is 1. The molecule has 1 unspecified atom stereocenters. The molecule has 1 aliphatic rings. The number of rotatable bonds is 3. The number of anilines is 2. The smallest absolute Gasteiger partial charge is 0.128 e. The highest BCUT2D eigenvalue weighted by atomic mass is 16.3. The lowest BCUT2D eigenvalue weighted by Crippen LogP contribution is -2.48. The van der Waals surface area contributed by atoms with E-state index < -0.39 is 0 Å². The number of aliphatic hydroxyl groups is 1. The largest absolute Gasteiger partial charge is 0.397 e. The molecule has 1 aromatic rings. The number of hydrogen-bond donors (Lipinski definition) is 2. The lowest BCUT2D eigenvalue weighted by atomic mass is 10.2. The van der Waals surface area contributed by atoms with E-state index in [9.17, 15) is 5.11 Å². The quantitative estimate of drug-likeness (QED) is 0.783. The first-order chi connectivity index (χ1) is 8.15. The van der Waals surface area contributed by atoms with E-state index in [-0.39, 0.29) is 6.10 Å². The summed E-state index contributed by atoms with van der Waals surface area (Å²) in [6.45, 7) is 6.41. The van der Waals surface area contributed by atoms with Crippen molar-refractivity contribution in [1.82, 2.24) is 9.88 Å². The monoisotopic (exact) mass is 236 g/mol. The summed E-state index contributed by atoms with van der Waals surface area (Å²) in [6, 6.07) is 3.84. The predicted molar refractivity (Wildman–Crippen MR) is 69.0 cm³/mol. The Morgan fingerprint density at radius 1 is 1.35 bits per heavy atom. The number of β-amino-alcohol motifs (C(OH)–C–C–N with tert-alkyl or cyclic N) is 1. The summed E-state index contributed by atoms with van der Waals surface area (Å²) >= 11 is 0. The molecule has 0 aliphatic carbocycles. The number of nitrogens with zero attached hydrogens (tertiary/aromatic N) is 3. The van der Waals surface area contributed by atoms with E-state index in [1.165, 1.54) is 0 Å². The van der Waals surface area contributed by atoms with Crippen LogP contribution < -0.4 is 10.6 Å². The van der Waals surface area contributed by atoms with Crippen LogP contribution in [0.15, 0.2) is 18.3 Å². The highest BCUT2D eigenvalue weighted by Crippen LogP contribution is 2.14. The summed E-state index contributed by atoms with van der Waals surface area (Å²) in [7, 11) is 0. The van der Waals surface area contributed by atoms with Crippen molar-refractivity contribution in [2.24, 2.45) is 0 Å². The Morgan fingerprint density at radius 3 is 2.59 bits per heavy atom. The molecule has 1 aliphatic heterocycles. The second-order valence-corrected chi connectivity index (χ2v) is 4.59. The van der Waals surface area contributed by atoms with Crippen molar-refractivity contribution >= 4 is 11.5 Å². The molecule has 0 spiro atoms. The van der Waals surface area contributed by atoms with Crippen LogP contribution in [-0.4, -0.2) is 53.8 Å². The SMILES string of the molecule is CC(O)CN1CCN(c2ccc(N)cn2)CC1.